The van der Waals surface area contributed by atoms with Gasteiger partial charge in [0.15, 0.2) is 0 Å². The van der Waals surface area contributed by atoms with Gasteiger partial charge in [0, 0.05) is 16.1 Å². The number of hydrogen-bond acceptors (Lipinski definition) is 3. The Bertz CT molecular complexity index is 1360. The van der Waals surface area contributed by atoms with Gasteiger partial charge >= 0.3 is 6.18 Å². The number of sulfonamides is 1. The highest BCUT2D eigenvalue weighted by atomic mass is 35.5. The zero-order valence-electron chi connectivity index (χ0n) is 16.2. The molecule has 3 aromatic carbocycles. The predicted octanol–water partition coefficient (Wildman–Crippen LogP) is 5.53. The Kier molecular flexibility index (Phi) is 5.58. The molecule has 0 saturated heterocycles. The van der Waals surface area contributed by atoms with E-state index in [0.29, 0.717) is 27.7 Å². The van der Waals surface area contributed by atoms with E-state index < -0.39 is 21.8 Å². The summed E-state index contributed by atoms with van der Waals surface area (Å²) in [6, 6.07) is 19.2. The zero-order chi connectivity index (χ0) is 23.1. The summed E-state index contributed by atoms with van der Waals surface area (Å²) in [6.45, 7) is 0. The molecule has 0 aliphatic rings. The van der Waals surface area contributed by atoms with Gasteiger partial charge in [-0.1, -0.05) is 35.9 Å². The maximum Gasteiger partial charge on any atom is 0.416 e. The summed E-state index contributed by atoms with van der Waals surface area (Å²) in [5.41, 5.74) is 2.13. The molecule has 1 heterocycles. The first-order valence-corrected chi connectivity index (χ1v) is 11.1. The third-order valence-corrected chi connectivity index (χ3v) is 5.95. The van der Waals surface area contributed by atoms with Crippen molar-refractivity contribution >= 4 is 21.6 Å². The van der Waals surface area contributed by atoms with E-state index in [1.807, 2.05) is 0 Å². The van der Waals surface area contributed by atoms with Crippen LogP contribution in [0.5, 0.6) is 0 Å². The van der Waals surface area contributed by atoms with Crippen molar-refractivity contribution in [2.24, 2.45) is 5.14 Å². The maximum atomic E-state index is 12.9. The minimum absolute atomic E-state index is 0.0515. The van der Waals surface area contributed by atoms with E-state index in [9.17, 15) is 21.6 Å². The fourth-order valence-electron chi connectivity index (χ4n) is 3.15. The van der Waals surface area contributed by atoms with Crippen LogP contribution in [0, 0.1) is 0 Å². The summed E-state index contributed by atoms with van der Waals surface area (Å²) in [5.74, 6) is 0. The van der Waals surface area contributed by atoms with Crippen LogP contribution in [0.15, 0.2) is 83.8 Å². The highest BCUT2D eigenvalue weighted by molar-refractivity contribution is 7.89. The number of aromatic nitrogens is 2. The van der Waals surface area contributed by atoms with E-state index >= 15 is 0 Å². The number of rotatable bonds is 4. The van der Waals surface area contributed by atoms with Gasteiger partial charge in [-0.25, -0.2) is 18.2 Å². The van der Waals surface area contributed by atoms with Crippen molar-refractivity contribution in [3.05, 3.63) is 89.4 Å². The molecule has 0 aliphatic heterocycles. The van der Waals surface area contributed by atoms with Gasteiger partial charge in [0.25, 0.3) is 0 Å². The largest absolute Gasteiger partial charge is 0.416 e. The molecule has 0 radical (unpaired) electrons. The summed E-state index contributed by atoms with van der Waals surface area (Å²) in [5, 5.41) is 10.3. The Morgan fingerprint density at radius 1 is 0.844 bits per heavy atom. The number of primary sulfonamides is 1. The number of halogens is 4. The second-order valence-electron chi connectivity index (χ2n) is 6.95. The molecule has 5 nitrogen and oxygen atoms in total. The van der Waals surface area contributed by atoms with Gasteiger partial charge < -0.3 is 0 Å². The van der Waals surface area contributed by atoms with Crippen LogP contribution in [0.1, 0.15) is 5.56 Å². The average Bonchev–Trinajstić information content (AvgIpc) is 3.19. The fourth-order valence-corrected chi connectivity index (χ4v) is 3.79. The Morgan fingerprint density at radius 2 is 1.41 bits per heavy atom. The second-order valence-corrected chi connectivity index (χ2v) is 8.95. The van der Waals surface area contributed by atoms with Crippen LogP contribution in [0.2, 0.25) is 5.02 Å². The number of alkyl halides is 3. The Morgan fingerprint density at radius 3 is 1.94 bits per heavy atom. The van der Waals surface area contributed by atoms with E-state index in [0.717, 1.165) is 17.7 Å². The Balaban J connectivity index is 1.83. The molecule has 0 saturated carbocycles. The van der Waals surface area contributed by atoms with Crippen molar-refractivity contribution in [1.82, 2.24) is 9.78 Å². The number of benzene rings is 3. The second kappa shape index (κ2) is 8.09. The monoisotopic (exact) mass is 477 g/mol. The smallest absolute Gasteiger partial charge is 0.232 e. The van der Waals surface area contributed by atoms with Crippen molar-refractivity contribution < 1.29 is 21.6 Å². The first-order valence-electron chi connectivity index (χ1n) is 9.19. The lowest BCUT2D eigenvalue weighted by Gasteiger charge is -2.08. The summed E-state index contributed by atoms with van der Waals surface area (Å²) < 4.78 is 63.4. The lowest BCUT2D eigenvalue weighted by Crippen LogP contribution is -2.12. The van der Waals surface area contributed by atoms with Crippen molar-refractivity contribution in [1.29, 1.82) is 0 Å². The van der Waals surface area contributed by atoms with E-state index in [1.165, 1.54) is 24.3 Å². The molecule has 0 atom stereocenters. The van der Waals surface area contributed by atoms with Crippen molar-refractivity contribution in [3.8, 4) is 28.2 Å². The van der Waals surface area contributed by atoms with Gasteiger partial charge in [0.2, 0.25) is 10.0 Å². The normalized spacial score (nSPS) is 12.2. The molecule has 4 aromatic rings. The summed E-state index contributed by atoms with van der Waals surface area (Å²) in [4.78, 5) is -0.0515. The van der Waals surface area contributed by atoms with Crippen LogP contribution in [0.3, 0.4) is 0 Å². The molecule has 1 aromatic heterocycles. The molecule has 0 amide bonds. The minimum Gasteiger partial charge on any atom is -0.232 e. The van der Waals surface area contributed by atoms with E-state index in [1.54, 1.807) is 47.1 Å². The number of nitrogens with two attached hydrogens (primary N) is 1. The van der Waals surface area contributed by atoms with Gasteiger partial charge in [-0.15, -0.1) is 0 Å². The highest BCUT2D eigenvalue weighted by Crippen LogP contribution is 2.33. The molecule has 0 fully saturated rings. The molecule has 2 N–H and O–H groups in total. The maximum absolute atomic E-state index is 12.9. The zero-order valence-corrected chi connectivity index (χ0v) is 17.8. The van der Waals surface area contributed by atoms with Crippen LogP contribution < -0.4 is 5.14 Å². The molecule has 0 aliphatic carbocycles. The topological polar surface area (TPSA) is 78.0 Å². The molecule has 4 rings (SSSR count). The van der Waals surface area contributed by atoms with Crippen molar-refractivity contribution in [2.45, 2.75) is 11.1 Å². The molecule has 164 valence electrons. The number of nitrogens with zero attached hydrogens (tertiary/aromatic N) is 2. The lowest BCUT2D eigenvalue weighted by molar-refractivity contribution is -0.137. The first-order chi connectivity index (χ1) is 15.0. The standard InChI is InChI=1S/C22H15ClF3N3O2S/c23-17-7-3-15(4-8-17)21-13-20(14-1-5-16(6-2-14)22(24,25)26)28-29(21)18-9-11-19(12-10-18)32(27,30)31/h1-13H,(H2,27,30,31). The van der Waals surface area contributed by atoms with Gasteiger partial charge in [-0.05, 0) is 54.6 Å². The van der Waals surface area contributed by atoms with Crippen molar-refractivity contribution in [2.75, 3.05) is 0 Å². The SMILES string of the molecule is NS(=O)(=O)c1ccc(-n2nc(-c3ccc(C(F)(F)F)cc3)cc2-c2ccc(Cl)cc2)cc1. The summed E-state index contributed by atoms with van der Waals surface area (Å²) in [6.07, 6.45) is -4.43. The van der Waals surface area contributed by atoms with Crippen LogP contribution in [-0.2, 0) is 16.2 Å². The third-order valence-electron chi connectivity index (χ3n) is 4.77. The Labute approximate surface area is 186 Å². The highest BCUT2D eigenvalue weighted by Gasteiger charge is 2.30. The molecular weight excluding hydrogens is 463 g/mol. The van der Waals surface area contributed by atoms with Gasteiger partial charge in [-0.3, -0.25) is 0 Å². The Hall–Kier alpha value is -3.14. The van der Waals surface area contributed by atoms with Crippen LogP contribution in [-0.4, -0.2) is 18.2 Å². The number of hydrogen-bond donors (Lipinski definition) is 1. The minimum atomic E-state index is -4.43. The van der Waals surface area contributed by atoms with Gasteiger partial charge in [0.1, 0.15) is 0 Å². The fraction of sp³-hybridized carbons (Fsp3) is 0.0455. The summed E-state index contributed by atoms with van der Waals surface area (Å²) >= 11 is 5.99. The molecule has 0 bridgehead atoms. The first kappa shape index (κ1) is 22.1. The average molecular weight is 478 g/mol. The molecular formula is C22H15ClF3N3O2S. The van der Waals surface area contributed by atoms with Crippen LogP contribution in [0.4, 0.5) is 13.2 Å². The van der Waals surface area contributed by atoms with Gasteiger partial charge in [-0.2, -0.15) is 18.3 Å². The molecule has 0 unspecified atom stereocenters. The third kappa shape index (κ3) is 4.55. The quantitative estimate of drug-likeness (QED) is 0.420. The molecule has 32 heavy (non-hydrogen) atoms. The van der Waals surface area contributed by atoms with Gasteiger partial charge in [0.05, 0.1) is 27.5 Å². The van der Waals surface area contributed by atoms with E-state index in [4.69, 9.17) is 16.7 Å². The summed E-state index contributed by atoms with van der Waals surface area (Å²) in [7, 11) is -3.86. The van der Waals surface area contributed by atoms with Crippen LogP contribution >= 0.6 is 11.6 Å². The lowest BCUT2D eigenvalue weighted by atomic mass is 10.1. The van der Waals surface area contributed by atoms with E-state index in [-0.39, 0.29) is 4.90 Å². The van der Waals surface area contributed by atoms with Crippen molar-refractivity contribution in [3.63, 3.8) is 0 Å². The predicted molar refractivity (Wildman–Crippen MR) is 116 cm³/mol. The molecule has 10 heteroatoms. The van der Waals surface area contributed by atoms with E-state index in [2.05, 4.69) is 5.10 Å². The molecule has 0 spiro atoms. The van der Waals surface area contributed by atoms with Crippen LogP contribution in [0.25, 0.3) is 28.2 Å².